The van der Waals surface area contributed by atoms with E-state index in [-0.39, 0.29) is 25.7 Å². The van der Waals surface area contributed by atoms with Crippen molar-refractivity contribution < 1.29 is 80.2 Å². The van der Waals surface area contributed by atoms with Crippen LogP contribution in [0.2, 0.25) is 0 Å². The van der Waals surface area contributed by atoms with Crippen molar-refractivity contribution in [3.05, 3.63) is 0 Å². The highest BCUT2D eigenvalue weighted by molar-refractivity contribution is 7.47. The van der Waals surface area contributed by atoms with Crippen molar-refractivity contribution in [3.63, 3.8) is 0 Å². The highest BCUT2D eigenvalue weighted by Crippen LogP contribution is 2.45. The second-order valence-corrected chi connectivity index (χ2v) is 32.4. The van der Waals surface area contributed by atoms with E-state index in [1.54, 1.807) is 0 Å². The lowest BCUT2D eigenvalue weighted by Gasteiger charge is -2.21. The first kappa shape index (κ1) is 97.1. The fraction of sp³-hybridized carbons (Fsp3) is 0.950. The van der Waals surface area contributed by atoms with Gasteiger partial charge in [0.25, 0.3) is 0 Å². The fourth-order valence-corrected chi connectivity index (χ4v) is 13.9. The maximum atomic E-state index is 13.1. The molecule has 0 spiro atoms. The number of unbranched alkanes of at least 4 members (excludes halogenated alkanes) is 48. The van der Waals surface area contributed by atoms with Crippen molar-refractivity contribution in [2.45, 2.75) is 439 Å². The zero-order valence-electron chi connectivity index (χ0n) is 64.8. The fourth-order valence-electron chi connectivity index (χ4n) is 12.3. The average molecular weight is 1450 g/mol. The summed E-state index contributed by atoms with van der Waals surface area (Å²) < 4.78 is 68.7. The average Bonchev–Trinajstić information content (AvgIpc) is 0.959. The molecule has 0 aromatic rings. The Labute approximate surface area is 607 Å². The number of carbonyl (C=O) groups excluding carboxylic acids is 4. The Hall–Kier alpha value is -1.94. The van der Waals surface area contributed by atoms with Crippen LogP contribution in [0.15, 0.2) is 0 Å². The van der Waals surface area contributed by atoms with Gasteiger partial charge in [0.2, 0.25) is 0 Å². The van der Waals surface area contributed by atoms with Crippen LogP contribution in [-0.4, -0.2) is 96.7 Å². The van der Waals surface area contributed by atoms with Crippen molar-refractivity contribution in [1.82, 2.24) is 0 Å². The van der Waals surface area contributed by atoms with Crippen molar-refractivity contribution in [3.8, 4) is 0 Å². The molecule has 99 heavy (non-hydrogen) atoms. The van der Waals surface area contributed by atoms with Gasteiger partial charge in [0, 0.05) is 25.7 Å². The van der Waals surface area contributed by atoms with Crippen molar-refractivity contribution >= 4 is 39.5 Å². The summed E-state index contributed by atoms with van der Waals surface area (Å²) in [5.41, 5.74) is 0. The highest BCUT2D eigenvalue weighted by Gasteiger charge is 2.30. The van der Waals surface area contributed by atoms with Gasteiger partial charge in [0.15, 0.2) is 12.2 Å². The van der Waals surface area contributed by atoms with Crippen molar-refractivity contribution in [2.75, 3.05) is 39.6 Å². The van der Waals surface area contributed by atoms with Gasteiger partial charge in [-0.2, -0.15) is 0 Å². The molecule has 0 saturated heterocycles. The number of hydrogen-bond donors (Lipinski definition) is 3. The number of rotatable bonds is 79. The molecule has 0 rings (SSSR count). The molecule has 0 aromatic carbocycles. The van der Waals surface area contributed by atoms with Crippen molar-refractivity contribution in [1.29, 1.82) is 0 Å². The van der Waals surface area contributed by atoms with E-state index in [9.17, 15) is 43.2 Å². The van der Waals surface area contributed by atoms with Gasteiger partial charge in [-0.3, -0.25) is 37.3 Å². The molecule has 3 N–H and O–H groups in total. The minimum Gasteiger partial charge on any atom is -0.462 e. The van der Waals surface area contributed by atoms with E-state index >= 15 is 0 Å². The van der Waals surface area contributed by atoms with E-state index in [1.807, 2.05) is 0 Å². The number of phosphoric ester groups is 2. The number of hydrogen-bond acceptors (Lipinski definition) is 15. The molecule has 0 fully saturated rings. The maximum Gasteiger partial charge on any atom is 0.472 e. The summed E-state index contributed by atoms with van der Waals surface area (Å²) in [5.74, 6) is -0.463. The molecule has 0 saturated carbocycles. The molecule has 19 heteroatoms. The predicted octanol–water partition coefficient (Wildman–Crippen LogP) is 23.9. The molecule has 0 aliphatic carbocycles. The Bertz CT molecular complexity index is 1910. The summed E-state index contributed by atoms with van der Waals surface area (Å²) in [6, 6.07) is 0. The molecule has 0 heterocycles. The minimum absolute atomic E-state index is 0.108. The Morgan fingerprint density at radius 2 is 0.515 bits per heavy atom. The zero-order valence-corrected chi connectivity index (χ0v) is 66.6. The van der Waals surface area contributed by atoms with Crippen LogP contribution in [-0.2, 0) is 65.4 Å². The normalized spacial score (nSPS) is 14.2. The second kappa shape index (κ2) is 71.7. The molecule has 0 radical (unpaired) electrons. The van der Waals surface area contributed by atoms with E-state index < -0.39 is 97.5 Å². The van der Waals surface area contributed by atoms with Crippen LogP contribution in [0, 0.1) is 11.8 Å². The minimum atomic E-state index is -4.96. The van der Waals surface area contributed by atoms with Gasteiger partial charge in [-0.1, -0.05) is 369 Å². The molecular weight excluding hydrogens is 1290 g/mol. The van der Waals surface area contributed by atoms with E-state index in [0.717, 1.165) is 102 Å². The molecule has 0 aliphatic rings. The molecule has 588 valence electrons. The second-order valence-electron chi connectivity index (χ2n) is 29.5. The maximum absolute atomic E-state index is 13.1. The van der Waals surface area contributed by atoms with Crippen LogP contribution in [0.4, 0.5) is 0 Å². The van der Waals surface area contributed by atoms with Crippen LogP contribution in [0.25, 0.3) is 0 Å². The Kier molecular flexibility index (Phi) is 70.3. The monoisotopic (exact) mass is 1450 g/mol. The van der Waals surface area contributed by atoms with Gasteiger partial charge < -0.3 is 33.8 Å². The van der Waals surface area contributed by atoms with Gasteiger partial charge in [0.05, 0.1) is 26.4 Å². The van der Waals surface area contributed by atoms with Gasteiger partial charge in [-0.05, 0) is 37.5 Å². The van der Waals surface area contributed by atoms with E-state index in [4.69, 9.17) is 37.0 Å². The summed E-state index contributed by atoms with van der Waals surface area (Å²) in [4.78, 5) is 73.0. The first-order chi connectivity index (χ1) is 47.9. The molecule has 0 aliphatic heterocycles. The Balaban J connectivity index is 5.24. The lowest BCUT2D eigenvalue weighted by Crippen LogP contribution is -2.30. The zero-order chi connectivity index (χ0) is 72.8. The first-order valence-electron chi connectivity index (χ1n) is 41.5. The lowest BCUT2D eigenvalue weighted by molar-refractivity contribution is -0.161. The SMILES string of the molecule is CCCCCCCCCCCCCCCCC(=O)O[C@H](COC(=O)CCCCCCCCCCCC)COP(=O)(O)OC[C@H](O)COP(=O)(O)OC[C@@H](COC(=O)CCCCCCCCCCCCCCCCC(C)C)OC(=O)CCCCCCCCCCCCCCCCC(C)CC. The van der Waals surface area contributed by atoms with Crippen LogP contribution in [0.1, 0.15) is 420 Å². The molecule has 3 unspecified atom stereocenters. The summed E-state index contributed by atoms with van der Waals surface area (Å²) >= 11 is 0. The topological polar surface area (TPSA) is 237 Å². The lowest BCUT2D eigenvalue weighted by atomic mass is 9.99. The molecule has 6 atom stereocenters. The Morgan fingerprint density at radius 1 is 0.293 bits per heavy atom. The first-order valence-corrected chi connectivity index (χ1v) is 44.5. The molecule has 0 aromatic heterocycles. The number of aliphatic hydroxyl groups is 1. The van der Waals surface area contributed by atoms with Gasteiger partial charge >= 0.3 is 39.5 Å². The third-order valence-corrected chi connectivity index (χ3v) is 21.0. The highest BCUT2D eigenvalue weighted by atomic mass is 31.2. The number of aliphatic hydroxyl groups excluding tert-OH is 1. The van der Waals surface area contributed by atoms with E-state index in [0.29, 0.717) is 25.7 Å². The summed E-state index contributed by atoms with van der Waals surface area (Å²) in [6.07, 6.45) is 60.8. The summed E-state index contributed by atoms with van der Waals surface area (Å²) in [7, 11) is -9.92. The number of esters is 4. The molecular formula is C80H156O17P2. The quantitative estimate of drug-likeness (QED) is 0.0222. The van der Waals surface area contributed by atoms with Crippen LogP contribution in [0.5, 0.6) is 0 Å². The smallest absolute Gasteiger partial charge is 0.462 e. The summed E-state index contributed by atoms with van der Waals surface area (Å²) in [6.45, 7) is 9.70. The standard InChI is InChI=1S/C80H156O17P2/c1-7-10-12-14-16-18-20-21-28-34-40-46-52-58-64-79(84)96-75(68-90-77(82)62-56-50-44-38-19-17-15-13-11-8-2)70-94-98(86,87)92-66-74(81)67-93-99(88,89)95-71-76(69-91-78(83)63-57-51-45-39-33-29-24-22-26-31-36-42-48-54-60-72(4)5)97-80(85)65-59-53-47-41-35-30-25-23-27-32-37-43-49-55-61-73(6)9-3/h72-76,81H,7-71H2,1-6H3,(H,86,87)(H,88,89)/t73?,74-,75+,76+/m0/s1. The number of phosphoric acid groups is 2. The van der Waals surface area contributed by atoms with Crippen LogP contribution >= 0.6 is 15.6 Å². The molecule has 0 bridgehead atoms. The van der Waals surface area contributed by atoms with E-state index in [2.05, 4.69) is 41.5 Å². The molecule has 0 amide bonds. The van der Waals surface area contributed by atoms with Gasteiger partial charge in [-0.15, -0.1) is 0 Å². The van der Waals surface area contributed by atoms with Crippen LogP contribution in [0.3, 0.4) is 0 Å². The van der Waals surface area contributed by atoms with Gasteiger partial charge in [-0.25, -0.2) is 9.13 Å². The molecule has 17 nitrogen and oxygen atoms in total. The number of carbonyl (C=O) groups is 4. The van der Waals surface area contributed by atoms with Crippen LogP contribution < -0.4 is 0 Å². The van der Waals surface area contributed by atoms with Gasteiger partial charge in [0.1, 0.15) is 19.3 Å². The predicted molar refractivity (Wildman–Crippen MR) is 405 cm³/mol. The Morgan fingerprint density at radius 3 is 0.768 bits per heavy atom. The third kappa shape index (κ3) is 72.8. The van der Waals surface area contributed by atoms with Crippen molar-refractivity contribution in [2.24, 2.45) is 11.8 Å². The van der Waals surface area contributed by atoms with E-state index in [1.165, 1.54) is 238 Å². The third-order valence-electron chi connectivity index (χ3n) is 19.1. The number of ether oxygens (including phenoxy) is 4. The summed E-state index contributed by atoms with van der Waals surface area (Å²) in [5, 5.41) is 10.6. The largest absolute Gasteiger partial charge is 0.472 e.